The van der Waals surface area contributed by atoms with Crippen molar-refractivity contribution in [2.45, 2.75) is 19.8 Å². The Bertz CT molecular complexity index is 508. The number of anilines is 1. The average Bonchev–Trinajstić information content (AvgIpc) is 2.18. The molecule has 3 nitrogen and oxygen atoms in total. The van der Waals surface area contributed by atoms with E-state index in [2.05, 4.69) is 23.8 Å². The number of rotatable bonds is 1. The predicted molar refractivity (Wildman–Crippen MR) is 63.0 cm³/mol. The van der Waals surface area contributed by atoms with E-state index in [0.717, 1.165) is 16.6 Å². The van der Waals surface area contributed by atoms with Crippen molar-refractivity contribution in [3.8, 4) is 0 Å². The van der Waals surface area contributed by atoms with E-state index in [-0.39, 0.29) is 5.28 Å². The number of nitrogen functional groups attached to an aromatic ring is 1. The molecule has 0 aliphatic heterocycles. The first-order chi connectivity index (χ1) is 7.09. The summed E-state index contributed by atoms with van der Waals surface area (Å²) in [5.41, 5.74) is 8.16. The second-order valence-corrected chi connectivity index (χ2v) is 4.11. The molecule has 0 spiro atoms. The molecule has 1 heterocycles. The maximum atomic E-state index is 5.86. The zero-order valence-corrected chi connectivity index (χ0v) is 9.42. The SMILES string of the molecule is CC(C)c1nc(Cl)nc2c(N)cccc12. The quantitative estimate of drug-likeness (QED) is 0.595. The van der Waals surface area contributed by atoms with E-state index in [1.165, 1.54) is 0 Å². The number of para-hydroxylation sites is 1. The number of fused-ring (bicyclic) bond motifs is 1. The third-order valence-electron chi connectivity index (χ3n) is 2.31. The summed E-state index contributed by atoms with van der Waals surface area (Å²) in [5, 5.41) is 1.23. The van der Waals surface area contributed by atoms with Crippen molar-refractivity contribution >= 4 is 28.2 Å². The van der Waals surface area contributed by atoms with Gasteiger partial charge in [-0.1, -0.05) is 26.0 Å². The smallest absolute Gasteiger partial charge is 0.223 e. The molecule has 1 aromatic carbocycles. The fourth-order valence-electron chi connectivity index (χ4n) is 1.61. The predicted octanol–water partition coefficient (Wildman–Crippen LogP) is 2.99. The molecule has 0 fully saturated rings. The molecule has 0 unspecified atom stereocenters. The Balaban J connectivity index is 2.86. The maximum absolute atomic E-state index is 5.86. The summed E-state index contributed by atoms with van der Waals surface area (Å²) >= 11 is 5.86. The monoisotopic (exact) mass is 221 g/mol. The lowest BCUT2D eigenvalue weighted by molar-refractivity contribution is 0.829. The first-order valence-corrected chi connectivity index (χ1v) is 5.19. The van der Waals surface area contributed by atoms with Crippen molar-refractivity contribution in [3.05, 3.63) is 29.2 Å². The van der Waals surface area contributed by atoms with Gasteiger partial charge in [0.2, 0.25) is 5.28 Å². The second-order valence-electron chi connectivity index (χ2n) is 3.78. The van der Waals surface area contributed by atoms with Gasteiger partial charge < -0.3 is 5.73 Å². The molecule has 0 bridgehead atoms. The van der Waals surface area contributed by atoms with E-state index < -0.39 is 0 Å². The van der Waals surface area contributed by atoms with E-state index in [0.29, 0.717) is 11.6 Å². The van der Waals surface area contributed by atoms with Crippen LogP contribution in [0.15, 0.2) is 18.2 Å². The number of aromatic nitrogens is 2. The molecule has 0 saturated heterocycles. The van der Waals surface area contributed by atoms with Crippen molar-refractivity contribution in [2.75, 3.05) is 5.73 Å². The largest absolute Gasteiger partial charge is 0.397 e. The highest BCUT2D eigenvalue weighted by Crippen LogP contribution is 2.27. The number of hydrogen-bond acceptors (Lipinski definition) is 3. The van der Waals surface area contributed by atoms with Crippen LogP contribution in [-0.4, -0.2) is 9.97 Å². The molecule has 2 N–H and O–H groups in total. The molecule has 78 valence electrons. The van der Waals surface area contributed by atoms with E-state index in [1.54, 1.807) is 0 Å². The highest BCUT2D eigenvalue weighted by molar-refractivity contribution is 6.28. The van der Waals surface area contributed by atoms with Crippen molar-refractivity contribution in [3.63, 3.8) is 0 Å². The minimum atomic E-state index is 0.254. The molecular weight excluding hydrogens is 210 g/mol. The number of nitrogens with two attached hydrogens (primary N) is 1. The van der Waals surface area contributed by atoms with Gasteiger partial charge >= 0.3 is 0 Å². The minimum Gasteiger partial charge on any atom is -0.397 e. The number of hydrogen-bond donors (Lipinski definition) is 1. The van der Waals surface area contributed by atoms with Crippen LogP contribution in [0, 0.1) is 0 Å². The van der Waals surface area contributed by atoms with Gasteiger partial charge in [-0.15, -0.1) is 0 Å². The maximum Gasteiger partial charge on any atom is 0.223 e. The van der Waals surface area contributed by atoms with E-state index in [1.807, 2.05) is 18.2 Å². The first-order valence-electron chi connectivity index (χ1n) is 4.81. The van der Waals surface area contributed by atoms with Crippen LogP contribution in [0.2, 0.25) is 5.28 Å². The summed E-state index contributed by atoms with van der Waals surface area (Å²) in [6, 6.07) is 5.69. The Hall–Kier alpha value is -1.35. The fourth-order valence-corrected chi connectivity index (χ4v) is 1.79. The van der Waals surface area contributed by atoms with Crippen LogP contribution in [0.1, 0.15) is 25.5 Å². The summed E-state index contributed by atoms with van der Waals surface area (Å²) in [6.07, 6.45) is 0. The fraction of sp³-hybridized carbons (Fsp3) is 0.273. The summed E-state index contributed by atoms with van der Waals surface area (Å²) in [7, 11) is 0. The van der Waals surface area contributed by atoms with Crippen molar-refractivity contribution in [1.29, 1.82) is 0 Å². The van der Waals surface area contributed by atoms with Gasteiger partial charge in [0, 0.05) is 5.39 Å². The van der Waals surface area contributed by atoms with Gasteiger partial charge in [-0.05, 0) is 23.6 Å². The normalized spacial score (nSPS) is 11.2. The van der Waals surface area contributed by atoms with Crippen molar-refractivity contribution < 1.29 is 0 Å². The third-order valence-corrected chi connectivity index (χ3v) is 2.48. The molecule has 0 saturated carbocycles. The highest BCUT2D eigenvalue weighted by atomic mass is 35.5. The van der Waals surface area contributed by atoms with Gasteiger partial charge in [-0.2, -0.15) is 0 Å². The zero-order valence-electron chi connectivity index (χ0n) is 8.66. The van der Waals surface area contributed by atoms with Crippen LogP contribution in [0.5, 0.6) is 0 Å². The van der Waals surface area contributed by atoms with Gasteiger partial charge in [0.25, 0.3) is 0 Å². The third kappa shape index (κ3) is 1.75. The van der Waals surface area contributed by atoms with E-state index >= 15 is 0 Å². The van der Waals surface area contributed by atoms with Crippen molar-refractivity contribution in [2.24, 2.45) is 0 Å². The average molecular weight is 222 g/mol. The molecule has 15 heavy (non-hydrogen) atoms. The van der Waals surface area contributed by atoms with Crippen molar-refractivity contribution in [1.82, 2.24) is 9.97 Å². The highest BCUT2D eigenvalue weighted by Gasteiger charge is 2.11. The van der Waals surface area contributed by atoms with Crippen LogP contribution in [0.4, 0.5) is 5.69 Å². The van der Waals surface area contributed by atoms with Gasteiger partial charge in [0.1, 0.15) is 0 Å². The summed E-state index contributed by atoms with van der Waals surface area (Å²) in [6.45, 7) is 4.14. The molecular formula is C11H12ClN3. The Labute approximate surface area is 93.3 Å². The minimum absolute atomic E-state index is 0.254. The Morgan fingerprint density at radius 1 is 1.27 bits per heavy atom. The van der Waals surface area contributed by atoms with Gasteiger partial charge in [0.15, 0.2) is 0 Å². The number of benzene rings is 1. The zero-order chi connectivity index (χ0) is 11.0. The van der Waals surface area contributed by atoms with Crippen LogP contribution in [0.25, 0.3) is 10.9 Å². The van der Waals surface area contributed by atoms with Crippen LogP contribution in [-0.2, 0) is 0 Å². The molecule has 4 heteroatoms. The van der Waals surface area contributed by atoms with Crippen LogP contribution >= 0.6 is 11.6 Å². The molecule has 0 aliphatic rings. The lowest BCUT2D eigenvalue weighted by atomic mass is 10.0. The Morgan fingerprint density at radius 2 is 2.00 bits per heavy atom. The number of nitrogens with zero attached hydrogens (tertiary/aromatic N) is 2. The van der Waals surface area contributed by atoms with Gasteiger partial charge in [0.05, 0.1) is 16.9 Å². The molecule has 2 aromatic rings. The van der Waals surface area contributed by atoms with E-state index in [4.69, 9.17) is 17.3 Å². The number of halogens is 1. The topological polar surface area (TPSA) is 51.8 Å². The summed E-state index contributed by atoms with van der Waals surface area (Å²) < 4.78 is 0. The Kier molecular flexibility index (Phi) is 2.49. The van der Waals surface area contributed by atoms with Gasteiger partial charge in [-0.3, -0.25) is 0 Å². The van der Waals surface area contributed by atoms with E-state index in [9.17, 15) is 0 Å². The van der Waals surface area contributed by atoms with Crippen LogP contribution in [0.3, 0.4) is 0 Å². The lowest BCUT2D eigenvalue weighted by Crippen LogP contribution is -1.99. The first kappa shape index (κ1) is 10.2. The second kappa shape index (κ2) is 3.66. The standard InChI is InChI=1S/C11H12ClN3/c1-6(2)9-7-4-3-5-8(13)10(7)15-11(12)14-9/h3-6H,13H2,1-2H3. The molecule has 0 amide bonds. The molecule has 0 atom stereocenters. The van der Waals surface area contributed by atoms with Gasteiger partial charge in [-0.25, -0.2) is 9.97 Å². The molecule has 0 radical (unpaired) electrons. The molecule has 1 aromatic heterocycles. The lowest BCUT2D eigenvalue weighted by Gasteiger charge is -2.09. The summed E-state index contributed by atoms with van der Waals surface area (Å²) in [5.74, 6) is 0.301. The molecule has 0 aliphatic carbocycles. The summed E-state index contributed by atoms with van der Waals surface area (Å²) in [4.78, 5) is 8.39. The Morgan fingerprint density at radius 3 is 2.67 bits per heavy atom. The van der Waals surface area contributed by atoms with Crippen LogP contribution < -0.4 is 5.73 Å². The molecule has 2 rings (SSSR count).